The molecule has 7 heteroatoms. The average Bonchev–Trinajstić information content (AvgIpc) is 2.07. The Bertz CT molecular complexity index is 435. The second-order valence-electron chi connectivity index (χ2n) is 4.48. The van der Waals surface area contributed by atoms with Crippen LogP contribution in [0, 0.1) is 5.82 Å². The number of anilines is 2. The Kier molecular flexibility index (Phi) is 6.10. The topological polar surface area (TPSA) is 78.2 Å². The van der Waals surface area contributed by atoms with Crippen LogP contribution < -0.4 is 40.6 Å². The number of nitrogens with one attached hydrogen (secondary N) is 1. The molecule has 0 fully saturated rings. The first-order chi connectivity index (χ1) is 7.20. The fourth-order valence-electron chi connectivity index (χ4n) is 1.21. The van der Waals surface area contributed by atoms with Gasteiger partial charge in [-0.15, -0.1) is 0 Å². The third kappa shape index (κ3) is 4.93. The van der Waals surface area contributed by atoms with Gasteiger partial charge < -0.3 is 15.6 Å². The minimum atomic E-state index is -2.61. The van der Waals surface area contributed by atoms with E-state index < -0.39 is 21.8 Å². The molecule has 0 aromatic heterocycles. The summed E-state index contributed by atoms with van der Waals surface area (Å²) in [6, 6.07) is 2.19. The molecular weight excluding hydrogens is 254 g/mol. The van der Waals surface area contributed by atoms with E-state index in [1.54, 1.807) is 0 Å². The molecule has 0 aliphatic rings. The van der Waals surface area contributed by atoms with Crippen molar-refractivity contribution in [3.63, 3.8) is 0 Å². The molecule has 1 unspecified atom stereocenters. The molecule has 4 nitrogen and oxygen atoms in total. The summed E-state index contributed by atoms with van der Waals surface area (Å²) in [5.41, 5.74) is 5.95. The number of halogens is 1. The van der Waals surface area contributed by atoms with Gasteiger partial charge in [0.1, 0.15) is 5.82 Å². The molecular formula is C10H14FN2NaO2S. The first kappa shape index (κ1) is 16.9. The predicted octanol–water partition coefficient (Wildman–Crippen LogP) is -1.14. The van der Waals surface area contributed by atoms with Crippen LogP contribution >= 0.6 is 0 Å². The van der Waals surface area contributed by atoms with Crippen LogP contribution in [0.1, 0.15) is 20.8 Å². The van der Waals surface area contributed by atoms with E-state index in [0.717, 1.165) is 12.1 Å². The Labute approximate surface area is 125 Å². The predicted molar refractivity (Wildman–Crippen MR) is 61.4 cm³/mol. The maximum absolute atomic E-state index is 13.4. The molecule has 0 aliphatic heterocycles. The third-order valence-corrected chi connectivity index (χ3v) is 2.47. The summed E-state index contributed by atoms with van der Waals surface area (Å²) in [6.07, 6.45) is 0. The molecule has 1 aromatic carbocycles. The number of hydrogen-bond donors (Lipinski definition) is 2. The van der Waals surface area contributed by atoms with Crippen molar-refractivity contribution in [2.24, 2.45) is 0 Å². The van der Waals surface area contributed by atoms with E-state index in [2.05, 4.69) is 5.32 Å². The van der Waals surface area contributed by atoms with Gasteiger partial charge in [-0.1, -0.05) is 0 Å². The standard InChI is InChI=1S/C10H15FN2O2S.Na/c1-10(2,3)13-8-4-6(11)9(16(14)15)5-7(8)12;/h4-5,13H,12H2,1-3H3,(H,14,15);/q;+1/p-1. The molecule has 0 spiro atoms. The average molecular weight is 268 g/mol. The van der Waals surface area contributed by atoms with Gasteiger partial charge in [0, 0.05) is 11.6 Å². The summed E-state index contributed by atoms with van der Waals surface area (Å²) >= 11 is -2.61. The Hall–Kier alpha value is -0.140. The zero-order valence-electron chi connectivity index (χ0n) is 10.3. The molecule has 0 saturated heterocycles. The van der Waals surface area contributed by atoms with Crippen molar-refractivity contribution in [2.75, 3.05) is 11.1 Å². The minimum Gasteiger partial charge on any atom is -0.768 e. The Balaban J connectivity index is 0.00000256. The van der Waals surface area contributed by atoms with Crippen molar-refractivity contribution in [2.45, 2.75) is 31.2 Å². The number of rotatable bonds is 2. The third-order valence-electron chi connectivity index (χ3n) is 1.79. The van der Waals surface area contributed by atoms with Crippen molar-refractivity contribution >= 4 is 22.5 Å². The molecule has 1 atom stereocenters. The van der Waals surface area contributed by atoms with Crippen molar-refractivity contribution in [1.82, 2.24) is 0 Å². The van der Waals surface area contributed by atoms with Crippen LogP contribution in [0.25, 0.3) is 0 Å². The second-order valence-corrected chi connectivity index (χ2v) is 5.39. The van der Waals surface area contributed by atoms with E-state index in [4.69, 9.17) is 5.73 Å². The van der Waals surface area contributed by atoms with Crippen molar-refractivity contribution in [3.05, 3.63) is 17.9 Å². The fraction of sp³-hybridized carbons (Fsp3) is 0.400. The van der Waals surface area contributed by atoms with Gasteiger partial charge >= 0.3 is 29.6 Å². The normalized spacial score (nSPS) is 12.8. The van der Waals surface area contributed by atoms with E-state index in [1.165, 1.54) is 0 Å². The summed E-state index contributed by atoms with van der Waals surface area (Å²) in [5.74, 6) is -0.811. The summed E-state index contributed by atoms with van der Waals surface area (Å²) in [7, 11) is 0. The van der Waals surface area contributed by atoms with Gasteiger partial charge in [-0.05, 0) is 37.9 Å². The quantitative estimate of drug-likeness (QED) is 0.404. The maximum Gasteiger partial charge on any atom is 1.00 e. The Morgan fingerprint density at radius 3 is 2.35 bits per heavy atom. The first-order valence-electron chi connectivity index (χ1n) is 4.67. The maximum atomic E-state index is 13.4. The fourth-order valence-corrected chi connectivity index (χ4v) is 1.65. The number of nitrogen functional groups attached to an aromatic ring is 1. The van der Waals surface area contributed by atoms with Gasteiger partial charge in [0.25, 0.3) is 0 Å². The Morgan fingerprint density at radius 2 is 1.94 bits per heavy atom. The van der Waals surface area contributed by atoms with Crippen LogP contribution in [0.2, 0.25) is 0 Å². The summed E-state index contributed by atoms with van der Waals surface area (Å²) in [4.78, 5) is -0.419. The van der Waals surface area contributed by atoms with Gasteiger partial charge in [-0.3, -0.25) is 4.21 Å². The van der Waals surface area contributed by atoms with Crippen LogP contribution in [0.3, 0.4) is 0 Å². The summed E-state index contributed by atoms with van der Waals surface area (Å²) in [5, 5.41) is 2.99. The minimum absolute atomic E-state index is 0. The molecule has 1 rings (SSSR count). The van der Waals surface area contributed by atoms with E-state index in [9.17, 15) is 13.2 Å². The summed E-state index contributed by atoms with van der Waals surface area (Å²) in [6.45, 7) is 5.68. The molecule has 17 heavy (non-hydrogen) atoms. The van der Waals surface area contributed by atoms with Gasteiger partial charge in [0.2, 0.25) is 0 Å². The molecule has 90 valence electrons. The van der Waals surface area contributed by atoms with Crippen molar-refractivity contribution in [1.29, 1.82) is 0 Å². The van der Waals surface area contributed by atoms with Crippen molar-refractivity contribution < 1.29 is 42.7 Å². The molecule has 1 aromatic rings. The zero-order valence-corrected chi connectivity index (χ0v) is 13.2. The smallest absolute Gasteiger partial charge is 0.768 e. The molecule has 0 saturated carbocycles. The van der Waals surface area contributed by atoms with Crippen LogP contribution in [0.4, 0.5) is 15.8 Å². The van der Waals surface area contributed by atoms with Crippen LogP contribution in [-0.4, -0.2) is 14.3 Å². The monoisotopic (exact) mass is 268 g/mol. The molecule has 0 bridgehead atoms. The number of nitrogens with two attached hydrogens (primary N) is 1. The number of benzene rings is 1. The molecule has 3 N–H and O–H groups in total. The van der Waals surface area contributed by atoms with Crippen molar-refractivity contribution in [3.8, 4) is 0 Å². The van der Waals surface area contributed by atoms with Gasteiger partial charge in [0.15, 0.2) is 0 Å². The van der Waals surface area contributed by atoms with Gasteiger partial charge in [-0.2, -0.15) is 0 Å². The van der Waals surface area contributed by atoms with Crippen LogP contribution in [0.5, 0.6) is 0 Å². The zero-order chi connectivity index (χ0) is 12.5. The molecule has 0 amide bonds. The SMILES string of the molecule is CC(C)(C)Nc1cc(F)c(S(=O)[O-])cc1N.[Na+]. The molecule has 0 heterocycles. The molecule has 0 radical (unpaired) electrons. The van der Waals surface area contributed by atoms with E-state index in [-0.39, 0.29) is 40.8 Å². The van der Waals surface area contributed by atoms with E-state index >= 15 is 0 Å². The summed E-state index contributed by atoms with van der Waals surface area (Å²) < 4.78 is 34.7. The second kappa shape index (κ2) is 6.15. The molecule has 0 aliphatic carbocycles. The number of hydrogen-bond acceptors (Lipinski definition) is 4. The van der Waals surface area contributed by atoms with Gasteiger partial charge in [0.05, 0.1) is 16.3 Å². The van der Waals surface area contributed by atoms with E-state index in [0.29, 0.717) is 5.69 Å². The Morgan fingerprint density at radius 1 is 1.41 bits per heavy atom. The van der Waals surface area contributed by atoms with E-state index in [1.807, 2.05) is 20.8 Å². The van der Waals surface area contributed by atoms with Gasteiger partial charge in [-0.25, -0.2) is 4.39 Å². The first-order valence-corrected chi connectivity index (χ1v) is 5.74. The largest absolute Gasteiger partial charge is 1.00 e. The van der Waals surface area contributed by atoms with Crippen LogP contribution in [-0.2, 0) is 11.1 Å². The van der Waals surface area contributed by atoms with Crippen LogP contribution in [0.15, 0.2) is 17.0 Å².